The average molecular weight is 428 g/mol. The van der Waals surface area contributed by atoms with Crippen LogP contribution in [0.4, 0.5) is 0 Å². The van der Waals surface area contributed by atoms with Crippen LogP contribution < -0.4 is 0 Å². The first-order chi connectivity index (χ1) is 14.9. The van der Waals surface area contributed by atoms with Gasteiger partial charge in [0.1, 0.15) is 6.10 Å². The fourth-order valence-electron chi connectivity index (χ4n) is 9.53. The van der Waals surface area contributed by atoms with Crippen LogP contribution in [-0.2, 0) is 14.3 Å². The Kier molecular flexibility index (Phi) is 4.89. The van der Waals surface area contributed by atoms with Gasteiger partial charge in [-0.25, -0.2) is 4.79 Å². The summed E-state index contributed by atoms with van der Waals surface area (Å²) in [6.07, 6.45) is 14.3. The first kappa shape index (κ1) is 20.7. The molecule has 6 rings (SSSR count). The molecule has 0 radical (unpaired) electrons. The van der Waals surface area contributed by atoms with E-state index in [1.807, 2.05) is 0 Å². The highest BCUT2D eigenvalue weighted by Crippen LogP contribution is 2.68. The number of esters is 1. The highest BCUT2D eigenvalue weighted by molar-refractivity contribution is 5.75. The van der Waals surface area contributed by atoms with E-state index in [1.54, 1.807) is 5.57 Å². The van der Waals surface area contributed by atoms with Crippen molar-refractivity contribution in [1.29, 1.82) is 0 Å². The number of hydrogen-bond acceptors (Lipinski definition) is 4. The van der Waals surface area contributed by atoms with Crippen molar-refractivity contribution in [2.24, 2.45) is 34.5 Å². The lowest BCUT2D eigenvalue weighted by molar-refractivity contribution is -0.162. The SMILES string of the molecule is CC1C2CCC3C4CC=C5CC(OC(=O)C6CCCO6)CCC5(C)C4CCC32CN1C. The van der Waals surface area contributed by atoms with E-state index in [1.165, 1.54) is 45.1 Å². The molecule has 5 fully saturated rings. The number of carbonyl (C=O) groups excluding carboxylic acids is 1. The fraction of sp³-hybridized carbons (Fsp3) is 0.889. The highest BCUT2D eigenvalue weighted by Gasteiger charge is 2.64. The Labute approximate surface area is 188 Å². The number of allylic oxidation sites excluding steroid dienone is 1. The van der Waals surface area contributed by atoms with E-state index >= 15 is 0 Å². The van der Waals surface area contributed by atoms with Crippen molar-refractivity contribution >= 4 is 5.97 Å². The predicted molar refractivity (Wildman–Crippen MR) is 120 cm³/mol. The van der Waals surface area contributed by atoms with Crippen molar-refractivity contribution < 1.29 is 14.3 Å². The van der Waals surface area contributed by atoms with Crippen molar-refractivity contribution in [2.45, 2.75) is 96.3 Å². The van der Waals surface area contributed by atoms with Crippen LogP contribution in [0.1, 0.15) is 78.1 Å². The lowest BCUT2D eigenvalue weighted by Crippen LogP contribution is -2.52. The Morgan fingerprint density at radius 1 is 1.13 bits per heavy atom. The Balaban J connectivity index is 1.19. The number of nitrogens with zero attached hydrogens (tertiary/aromatic N) is 1. The fourth-order valence-corrected chi connectivity index (χ4v) is 9.53. The van der Waals surface area contributed by atoms with Gasteiger partial charge in [0.2, 0.25) is 0 Å². The summed E-state index contributed by atoms with van der Waals surface area (Å²) in [6.45, 7) is 7.07. The van der Waals surface area contributed by atoms with Crippen molar-refractivity contribution in [2.75, 3.05) is 20.2 Å². The molecule has 0 N–H and O–H groups in total. The first-order valence-electron chi connectivity index (χ1n) is 13.1. The Morgan fingerprint density at radius 3 is 2.77 bits per heavy atom. The third-order valence-electron chi connectivity index (χ3n) is 11.1. The normalized spacial score (nSPS) is 51.5. The average Bonchev–Trinajstić information content (AvgIpc) is 3.45. The molecule has 2 saturated heterocycles. The van der Waals surface area contributed by atoms with Crippen LogP contribution >= 0.6 is 0 Å². The summed E-state index contributed by atoms with van der Waals surface area (Å²) in [4.78, 5) is 15.2. The van der Waals surface area contributed by atoms with E-state index in [-0.39, 0.29) is 18.2 Å². The molecule has 0 amide bonds. The van der Waals surface area contributed by atoms with Gasteiger partial charge in [-0.3, -0.25) is 0 Å². The lowest BCUT2D eigenvalue weighted by Gasteiger charge is -2.58. The molecule has 2 aliphatic heterocycles. The summed E-state index contributed by atoms with van der Waals surface area (Å²) < 4.78 is 11.5. The second-order valence-corrected chi connectivity index (χ2v) is 12.2. The smallest absolute Gasteiger partial charge is 0.335 e. The Hall–Kier alpha value is -0.870. The van der Waals surface area contributed by atoms with Gasteiger partial charge in [-0.05, 0) is 106 Å². The molecule has 0 aromatic heterocycles. The number of carbonyl (C=O) groups is 1. The Bertz CT molecular complexity index is 772. The zero-order valence-electron chi connectivity index (χ0n) is 19.8. The minimum absolute atomic E-state index is 0.0581. The Morgan fingerprint density at radius 2 is 1.97 bits per heavy atom. The van der Waals surface area contributed by atoms with Gasteiger partial charge in [0.15, 0.2) is 6.10 Å². The van der Waals surface area contributed by atoms with E-state index in [0.717, 1.165) is 55.4 Å². The molecule has 0 aromatic rings. The molecule has 172 valence electrons. The van der Waals surface area contributed by atoms with Crippen LogP contribution in [0.25, 0.3) is 0 Å². The van der Waals surface area contributed by atoms with Crippen molar-refractivity contribution in [3.63, 3.8) is 0 Å². The van der Waals surface area contributed by atoms with E-state index in [9.17, 15) is 4.79 Å². The number of likely N-dealkylation sites (tertiary alicyclic amines) is 1. The molecule has 31 heavy (non-hydrogen) atoms. The maximum atomic E-state index is 12.5. The van der Waals surface area contributed by atoms with E-state index in [2.05, 4.69) is 31.9 Å². The van der Waals surface area contributed by atoms with Gasteiger partial charge in [0.05, 0.1) is 0 Å². The summed E-state index contributed by atoms with van der Waals surface area (Å²) in [7, 11) is 2.36. The van der Waals surface area contributed by atoms with Gasteiger partial charge in [0.25, 0.3) is 0 Å². The molecule has 0 bridgehead atoms. The van der Waals surface area contributed by atoms with Gasteiger partial charge in [-0.1, -0.05) is 18.6 Å². The number of hydrogen-bond donors (Lipinski definition) is 0. The van der Waals surface area contributed by atoms with Crippen LogP contribution in [0.3, 0.4) is 0 Å². The summed E-state index contributed by atoms with van der Waals surface area (Å²) in [5, 5.41) is 0. The van der Waals surface area contributed by atoms with E-state index < -0.39 is 0 Å². The summed E-state index contributed by atoms with van der Waals surface area (Å²) in [5.74, 6) is 3.44. The van der Waals surface area contributed by atoms with E-state index in [4.69, 9.17) is 9.47 Å². The van der Waals surface area contributed by atoms with Gasteiger partial charge in [-0.2, -0.15) is 0 Å². The molecule has 4 aliphatic carbocycles. The minimum atomic E-state index is -0.310. The zero-order valence-corrected chi connectivity index (χ0v) is 19.8. The molecular weight excluding hydrogens is 386 g/mol. The van der Waals surface area contributed by atoms with Gasteiger partial charge >= 0.3 is 5.97 Å². The molecule has 4 nitrogen and oxygen atoms in total. The number of rotatable bonds is 2. The maximum Gasteiger partial charge on any atom is 0.335 e. The van der Waals surface area contributed by atoms with Gasteiger partial charge < -0.3 is 14.4 Å². The predicted octanol–water partition coefficient (Wildman–Crippen LogP) is 4.97. The molecular formula is C27H41NO3. The third kappa shape index (κ3) is 2.96. The first-order valence-corrected chi connectivity index (χ1v) is 13.1. The van der Waals surface area contributed by atoms with E-state index in [0.29, 0.717) is 17.4 Å². The third-order valence-corrected chi connectivity index (χ3v) is 11.1. The summed E-state index contributed by atoms with van der Waals surface area (Å²) >= 11 is 0. The topological polar surface area (TPSA) is 38.8 Å². The number of fused-ring (bicyclic) bond motifs is 4. The molecule has 9 unspecified atom stereocenters. The summed E-state index contributed by atoms with van der Waals surface area (Å²) in [6, 6.07) is 0.765. The maximum absolute atomic E-state index is 12.5. The van der Waals surface area contributed by atoms with Crippen LogP contribution in [-0.4, -0.2) is 49.3 Å². The van der Waals surface area contributed by atoms with Crippen molar-refractivity contribution in [3.05, 3.63) is 11.6 Å². The highest BCUT2D eigenvalue weighted by atomic mass is 16.6. The van der Waals surface area contributed by atoms with Gasteiger partial charge in [-0.15, -0.1) is 0 Å². The second kappa shape index (κ2) is 7.32. The zero-order chi connectivity index (χ0) is 21.4. The second-order valence-electron chi connectivity index (χ2n) is 12.2. The monoisotopic (exact) mass is 427 g/mol. The molecule has 4 heteroatoms. The molecule has 6 aliphatic rings. The molecule has 0 aromatic carbocycles. The van der Waals surface area contributed by atoms with Crippen LogP contribution in [0, 0.1) is 34.5 Å². The van der Waals surface area contributed by atoms with Crippen molar-refractivity contribution in [3.8, 4) is 0 Å². The standard InChI is InChI=1S/C27H41NO3/c1-17-21-8-9-23-20-7-6-18-15-19(31-25(29)24-5-4-14-30-24)10-12-26(18,2)22(20)11-13-27(21,23)16-28(17)3/h6,17,19-24H,4-5,7-16H2,1-3H3. The minimum Gasteiger partial charge on any atom is -0.460 e. The van der Waals surface area contributed by atoms with Crippen LogP contribution in [0.5, 0.6) is 0 Å². The quantitative estimate of drug-likeness (QED) is 0.461. The van der Waals surface area contributed by atoms with Crippen LogP contribution in [0.2, 0.25) is 0 Å². The largest absolute Gasteiger partial charge is 0.460 e. The van der Waals surface area contributed by atoms with Gasteiger partial charge in [0, 0.05) is 25.6 Å². The summed E-state index contributed by atoms with van der Waals surface area (Å²) in [5.41, 5.74) is 2.53. The number of ether oxygens (including phenoxy) is 2. The molecule has 9 atom stereocenters. The molecule has 2 heterocycles. The molecule has 3 saturated carbocycles. The van der Waals surface area contributed by atoms with Crippen molar-refractivity contribution in [1.82, 2.24) is 4.90 Å². The lowest BCUT2D eigenvalue weighted by atomic mass is 9.47. The molecule has 1 spiro atoms. The van der Waals surface area contributed by atoms with Crippen LogP contribution in [0.15, 0.2) is 11.6 Å².